The lowest BCUT2D eigenvalue weighted by atomic mass is 9.79. The molecule has 3 heterocycles. The number of benzene rings is 2. The van der Waals surface area contributed by atoms with E-state index in [0.717, 1.165) is 5.56 Å². The molecule has 1 aromatic heterocycles. The summed E-state index contributed by atoms with van der Waals surface area (Å²) in [5.41, 5.74) is -0.378. The van der Waals surface area contributed by atoms with Gasteiger partial charge < -0.3 is 20.5 Å². The summed E-state index contributed by atoms with van der Waals surface area (Å²) in [6, 6.07) is 14.0. The third-order valence-corrected chi connectivity index (χ3v) is 7.27. The molecule has 1 saturated heterocycles. The fourth-order valence-corrected chi connectivity index (χ4v) is 5.51. The van der Waals surface area contributed by atoms with E-state index in [1.165, 1.54) is 18.7 Å². The minimum atomic E-state index is -1.79. The number of carbonyl (C=O) groups is 3. The molecule has 1 unspecified atom stereocenters. The lowest BCUT2D eigenvalue weighted by Gasteiger charge is -2.30. The second-order valence-electron chi connectivity index (χ2n) is 10.4. The largest absolute Gasteiger partial charge is 0.349 e. The fraction of sp³-hybridized carbons (Fsp3) is 0.310. The fourth-order valence-electron chi connectivity index (χ4n) is 5.51. The Bertz CT molecular complexity index is 1560. The van der Waals surface area contributed by atoms with E-state index >= 15 is 0 Å². The van der Waals surface area contributed by atoms with Crippen molar-refractivity contribution in [2.45, 2.75) is 49.9 Å². The molecule has 1 fully saturated rings. The number of anilines is 1. The lowest BCUT2D eigenvalue weighted by molar-refractivity contribution is -0.134. The quantitative estimate of drug-likeness (QED) is 0.455. The average Bonchev–Trinajstić information content (AvgIpc) is 3.57. The van der Waals surface area contributed by atoms with Crippen LogP contribution in [0.1, 0.15) is 48.3 Å². The number of alkyl halides is 1. The van der Waals surface area contributed by atoms with Gasteiger partial charge >= 0.3 is 0 Å². The summed E-state index contributed by atoms with van der Waals surface area (Å²) >= 11 is 0. The van der Waals surface area contributed by atoms with Crippen LogP contribution < -0.4 is 10.6 Å². The number of nitriles is 1. The minimum Gasteiger partial charge on any atom is -0.349 e. The van der Waals surface area contributed by atoms with E-state index in [4.69, 9.17) is 6.42 Å². The summed E-state index contributed by atoms with van der Waals surface area (Å²) in [6.07, 6.45) is 5.72. The van der Waals surface area contributed by atoms with Crippen LogP contribution in [0, 0.1) is 23.7 Å². The molecule has 3 amide bonds. The van der Waals surface area contributed by atoms with E-state index in [0.29, 0.717) is 22.2 Å². The van der Waals surface area contributed by atoms with Crippen molar-refractivity contribution >= 4 is 34.3 Å². The molecule has 1 spiro atoms. The molecule has 3 aromatic rings. The molecule has 2 aliphatic rings. The lowest BCUT2D eigenvalue weighted by Crippen LogP contribution is -2.52. The van der Waals surface area contributed by atoms with E-state index in [9.17, 15) is 24.0 Å². The summed E-state index contributed by atoms with van der Waals surface area (Å²) in [5.74, 6) is 1.19. The van der Waals surface area contributed by atoms with Crippen molar-refractivity contribution in [3.63, 3.8) is 0 Å². The zero-order valence-corrected chi connectivity index (χ0v) is 21.0. The molecule has 3 N–H and O–H groups in total. The SMILES string of the molecule is C#C[C@@H]1C[C@@]2(CN1C(=O)C(CC(C)(C)F)NC(=O)c1cc3cccc(C#N)c3[nH]1)C(=O)Nc1ccccc12. The van der Waals surface area contributed by atoms with Gasteiger partial charge in [0.25, 0.3) is 5.91 Å². The molecule has 0 aliphatic carbocycles. The van der Waals surface area contributed by atoms with E-state index < -0.39 is 35.0 Å². The maximum absolute atomic E-state index is 14.9. The molecule has 0 saturated carbocycles. The van der Waals surface area contributed by atoms with Gasteiger partial charge in [-0.15, -0.1) is 6.42 Å². The number of nitrogens with zero attached hydrogens (tertiary/aromatic N) is 2. The Labute approximate surface area is 219 Å². The molecular weight excluding hydrogens is 485 g/mol. The van der Waals surface area contributed by atoms with Gasteiger partial charge in [0.1, 0.15) is 23.5 Å². The Morgan fingerprint density at radius 1 is 1.29 bits per heavy atom. The van der Waals surface area contributed by atoms with Crippen molar-refractivity contribution in [1.82, 2.24) is 15.2 Å². The predicted molar refractivity (Wildman–Crippen MR) is 140 cm³/mol. The molecule has 2 aromatic carbocycles. The Kier molecular flexibility index (Phi) is 5.95. The molecule has 8 nitrogen and oxygen atoms in total. The first-order valence-corrected chi connectivity index (χ1v) is 12.3. The normalized spacial score (nSPS) is 21.0. The van der Waals surface area contributed by atoms with Crippen LogP contribution in [0.15, 0.2) is 48.5 Å². The third-order valence-electron chi connectivity index (χ3n) is 7.27. The molecule has 192 valence electrons. The minimum absolute atomic E-state index is 0.0144. The zero-order valence-electron chi connectivity index (χ0n) is 21.0. The zero-order chi connectivity index (χ0) is 27.2. The van der Waals surface area contributed by atoms with Crippen molar-refractivity contribution in [1.29, 1.82) is 5.26 Å². The highest BCUT2D eigenvalue weighted by atomic mass is 19.1. The molecule has 2 aliphatic heterocycles. The van der Waals surface area contributed by atoms with Gasteiger partial charge in [0.2, 0.25) is 11.8 Å². The van der Waals surface area contributed by atoms with Gasteiger partial charge in [-0.1, -0.05) is 36.3 Å². The molecule has 3 atom stereocenters. The first-order valence-electron chi connectivity index (χ1n) is 12.3. The number of para-hydroxylation sites is 2. The summed E-state index contributed by atoms with van der Waals surface area (Å²) in [6.45, 7) is 2.67. The smallest absolute Gasteiger partial charge is 0.268 e. The van der Waals surface area contributed by atoms with Crippen molar-refractivity contribution < 1.29 is 18.8 Å². The van der Waals surface area contributed by atoms with Crippen LogP contribution in [0.25, 0.3) is 10.9 Å². The van der Waals surface area contributed by atoms with Crippen LogP contribution in [0.3, 0.4) is 0 Å². The van der Waals surface area contributed by atoms with Crippen LogP contribution in [-0.4, -0.2) is 51.9 Å². The Balaban J connectivity index is 1.45. The number of aromatic nitrogens is 1. The second kappa shape index (κ2) is 9.04. The van der Waals surface area contributed by atoms with Gasteiger partial charge in [-0.3, -0.25) is 14.4 Å². The highest BCUT2D eigenvalue weighted by Gasteiger charge is 2.56. The number of amides is 3. The Morgan fingerprint density at radius 3 is 2.76 bits per heavy atom. The molecule has 0 radical (unpaired) electrons. The first kappa shape index (κ1) is 25.0. The van der Waals surface area contributed by atoms with Crippen LogP contribution in [-0.2, 0) is 15.0 Å². The maximum atomic E-state index is 14.9. The number of nitrogens with one attached hydrogen (secondary N) is 3. The van der Waals surface area contributed by atoms with Crippen LogP contribution in [0.2, 0.25) is 0 Å². The van der Waals surface area contributed by atoms with E-state index in [1.807, 2.05) is 18.2 Å². The van der Waals surface area contributed by atoms with E-state index in [2.05, 4.69) is 27.6 Å². The number of hydrogen-bond donors (Lipinski definition) is 3. The number of halogens is 1. The van der Waals surface area contributed by atoms with Gasteiger partial charge in [-0.25, -0.2) is 4.39 Å². The number of likely N-dealkylation sites (tertiary alicyclic amines) is 1. The van der Waals surface area contributed by atoms with Gasteiger partial charge in [-0.05, 0) is 44.0 Å². The second-order valence-corrected chi connectivity index (χ2v) is 10.4. The number of rotatable bonds is 5. The topological polar surface area (TPSA) is 118 Å². The molecule has 9 heteroatoms. The first-order chi connectivity index (χ1) is 18.1. The Hall–Kier alpha value is -4.63. The van der Waals surface area contributed by atoms with Crippen LogP contribution in [0.5, 0.6) is 0 Å². The Morgan fingerprint density at radius 2 is 2.05 bits per heavy atom. The molecule has 5 rings (SSSR count). The summed E-state index contributed by atoms with van der Waals surface area (Å²) in [5, 5.41) is 15.6. The van der Waals surface area contributed by atoms with E-state index in [-0.39, 0.29) is 31.0 Å². The maximum Gasteiger partial charge on any atom is 0.268 e. The monoisotopic (exact) mass is 511 g/mol. The molecule has 0 bridgehead atoms. The third kappa shape index (κ3) is 4.16. The standard InChI is InChI=1S/C29H26FN5O3/c1-4-19-13-29(20-10-5-6-11-21(20)34-27(29)38)16-35(19)26(37)23(14-28(2,3)30)33-25(36)22-12-17-8-7-9-18(15-31)24(17)32-22/h1,5-12,19,23,32H,13-14,16H2,2-3H3,(H,33,36)(H,34,38)/t19-,23?,29+/m1/s1. The summed E-state index contributed by atoms with van der Waals surface area (Å²) < 4.78 is 14.9. The van der Waals surface area contributed by atoms with Gasteiger partial charge in [0, 0.05) is 24.0 Å². The van der Waals surface area contributed by atoms with Crippen molar-refractivity contribution in [2.24, 2.45) is 0 Å². The molecule has 38 heavy (non-hydrogen) atoms. The van der Waals surface area contributed by atoms with E-state index in [1.54, 1.807) is 30.3 Å². The van der Waals surface area contributed by atoms with Crippen molar-refractivity contribution in [3.8, 4) is 18.4 Å². The van der Waals surface area contributed by atoms with Crippen LogP contribution in [0.4, 0.5) is 10.1 Å². The number of terminal acetylenes is 1. The summed E-state index contributed by atoms with van der Waals surface area (Å²) in [7, 11) is 0. The number of hydrogen-bond acceptors (Lipinski definition) is 4. The van der Waals surface area contributed by atoms with Gasteiger partial charge in [0.05, 0.1) is 22.5 Å². The van der Waals surface area contributed by atoms with Crippen molar-refractivity contribution in [3.05, 3.63) is 65.4 Å². The highest BCUT2D eigenvalue weighted by Crippen LogP contribution is 2.46. The number of H-pyrrole nitrogens is 1. The number of aromatic amines is 1. The van der Waals surface area contributed by atoms with Gasteiger partial charge in [-0.2, -0.15) is 5.26 Å². The summed E-state index contributed by atoms with van der Waals surface area (Å²) in [4.78, 5) is 44.5. The van der Waals surface area contributed by atoms with Gasteiger partial charge in [0.15, 0.2) is 0 Å². The molecular formula is C29H26FN5O3. The number of fused-ring (bicyclic) bond motifs is 3. The average molecular weight is 512 g/mol. The highest BCUT2D eigenvalue weighted by molar-refractivity contribution is 6.07. The predicted octanol–water partition coefficient (Wildman–Crippen LogP) is 3.40. The van der Waals surface area contributed by atoms with Crippen molar-refractivity contribution in [2.75, 3.05) is 11.9 Å². The number of carbonyl (C=O) groups excluding carboxylic acids is 3. The van der Waals surface area contributed by atoms with Crippen LogP contribution >= 0.6 is 0 Å².